The summed E-state index contributed by atoms with van der Waals surface area (Å²) in [5.41, 5.74) is 2.05. The highest BCUT2D eigenvalue weighted by Gasteiger charge is 2.15. The minimum Gasteiger partial charge on any atom is -0.496 e. The molecule has 0 fully saturated rings. The van der Waals surface area contributed by atoms with Crippen LogP contribution in [0.15, 0.2) is 60.0 Å². The Morgan fingerprint density at radius 2 is 1.77 bits per heavy atom. The topological polar surface area (TPSA) is 48.0 Å². The van der Waals surface area contributed by atoms with E-state index in [0.29, 0.717) is 44.0 Å². The van der Waals surface area contributed by atoms with Crippen molar-refractivity contribution in [2.75, 3.05) is 20.8 Å². The zero-order valence-corrected chi connectivity index (χ0v) is 19.1. The van der Waals surface area contributed by atoms with Crippen LogP contribution in [0.25, 0.3) is 0 Å². The Hall–Kier alpha value is -2.99. The van der Waals surface area contributed by atoms with Crippen LogP contribution in [0.2, 0.25) is 0 Å². The molecule has 31 heavy (non-hydrogen) atoms. The van der Waals surface area contributed by atoms with Crippen LogP contribution in [0.5, 0.6) is 17.2 Å². The van der Waals surface area contributed by atoms with Gasteiger partial charge >= 0.3 is 0 Å². The van der Waals surface area contributed by atoms with Crippen molar-refractivity contribution >= 4 is 17.2 Å². The minimum absolute atomic E-state index is 0.116. The van der Waals surface area contributed by atoms with Gasteiger partial charge in [0.25, 0.3) is 0 Å². The van der Waals surface area contributed by atoms with E-state index in [0.717, 1.165) is 21.8 Å². The lowest BCUT2D eigenvalue weighted by Gasteiger charge is -2.22. The van der Waals surface area contributed by atoms with Gasteiger partial charge in [0.2, 0.25) is 5.91 Å². The predicted octanol–water partition coefficient (Wildman–Crippen LogP) is 5.33. The molecule has 0 aliphatic carbocycles. The average Bonchev–Trinajstić information content (AvgIpc) is 3.33. The summed E-state index contributed by atoms with van der Waals surface area (Å²) < 4.78 is 16.8. The van der Waals surface area contributed by atoms with E-state index in [1.165, 1.54) is 0 Å². The Kier molecular flexibility index (Phi) is 8.35. The summed E-state index contributed by atoms with van der Waals surface area (Å²) in [7, 11) is 3.29. The van der Waals surface area contributed by atoms with Gasteiger partial charge in [0, 0.05) is 24.4 Å². The third kappa shape index (κ3) is 6.25. The standard InChI is InChI=1S/C25H29NO4S/c1-4-26(25(27)14-12-20-8-5-6-10-22(20)28-2)17-19-11-13-23(24(16-19)29-3)30-18-21-9-7-15-31-21/h5-11,13,15-16H,4,12,14,17-18H2,1-3H3. The smallest absolute Gasteiger partial charge is 0.223 e. The number of hydrogen-bond acceptors (Lipinski definition) is 5. The fourth-order valence-corrected chi connectivity index (χ4v) is 4.00. The number of benzene rings is 2. The van der Waals surface area contributed by atoms with Gasteiger partial charge in [0.05, 0.1) is 14.2 Å². The Morgan fingerprint density at radius 1 is 0.968 bits per heavy atom. The van der Waals surface area contributed by atoms with Crippen LogP contribution in [0.4, 0.5) is 0 Å². The lowest BCUT2D eigenvalue weighted by molar-refractivity contribution is -0.131. The maximum Gasteiger partial charge on any atom is 0.223 e. The molecule has 0 bridgehead atoms. The van der Waals surface area contributed by atoms with E-state index in [2.05, 4.69) is 0 Å². The molecule has 0 N–H and O–H groups in total. The molecular weight excluding hydrogens is 410 g/mol. The number of carbonyl (C=O) groups is 1. The van der Waals surface area contributed by atoms with Crippen molar-refractivity contribution < 1.29 is 19.0 Å². The summed E-state index contributed by atoms with van der Waals surface area (Å²) in [6, 6.07) is 17.7. The number of aryl methyl sites for hydroxylation is 1. The van der Waals surface area contributed by atoms with Crippen LogP contribution in [0, 0.1) is 0 Å². The van der Waals surface area contributed by atoms with Crippen molar-refractivity contribution in [3.8, 4) is 17.2 Å². The average molecular weight is 440 g/mol. The lowest BCUT2D eigenvalue weighted by atomic mass is 10.1. The van der Waals surface area contributed by atoms with E-state index in [4.69, 9.17) is 14.2 Å². The zero-order valence-electron chi connectivity index (χ0n) is 18.3. The van der Waals surface area contributed by atoms with Gasteiger partial charge in [-0.25, -0.2) is 0 Å². The van der Waals surface area contributed by atoms with Gasteiger partial charge in [0.1, 0.15) is 12.4 Å². The fourth-order valence-electron chi connectivity index (χ4n) is 3.38. The second kappa shape index (κ2) is 11.4. The Bertz CT molecular complexity index is 971. The van der Waals surface area contributed by atoms with Crippen LogP contribution in [-0.4, -0.2) is 31.6 Å². The number of amides is 1. The first kappa shape index (κ1) is 22.7. The molecule has 1 heterocycles. The lowest BCUT2D eigenvalue weighted by Crippen LogP contribution is -2.30. The van der Waals surface area contributed by atoms with E-state index in [9.17, 15) is 4.79 Å². The molecule has 0 spiro atoms. The number of thiophene rings is 1. The number of nitrogens with zero attached hydrogens (tertiary/aromatic N) is 1. The normalized spacial score (nSPS) is 10.5. The van der Waals surface area contributed by atoms with Crippen molar-refractivity contribution in [1.29, 1.82) is 0 Å². The van der Waals surface area contributed by atoms with Gasteiger partial charge < -0.3 is 19.1 Å². The largest absolute Gasteiger partial charge is 0.496 e. The van der Waals surface area contributed by atoms with E-state index in [-0.39, 0.29) is 5.91 Å². The molecule has 3 rings (SSSR count). The summed E-state index contributed by atoms with van der Waals surface area (Å²) >= 11 is 1.66. The number of ether oxygens (including phenoxy) is 3. The first-order valence-corrected chi connectivity index (χ1v) is 11.2. The third-order valence-electron chi connectivity index (χ3n) is 5.09. The molecular formula is C25H29NO4S. The molecule has 1 amide bonds. The van der Waals surface area contributed by atoms with Gasteiger partial charge in [-0.05, 0) is 54.1 Å². The Labute approximate surface area is 188 Å². The number of methoxy groups -OCH3 is 2. The minimum atomic E-state index is 0.116. The zero-order chi connectivity index (χ0) is 22.1. The molecule has 6 heteroatoms. The first-order chi connectivity index (χ1) is 15.1. The molecule has 0 saturated carbocycles. The molecule has 164 valence electrons. The monoisotopic (exact) mass is 439 g/mol. The Morgan fingerprint density at radius 3 is 2.48 bits per heavy atom. The van der Waals surface area contributed by atoms with Crippen molar-refractivity contribution in [2.45, 2.75) is 32.9 Å². The van der Waals surface area contributed by atoms with Gasteiger partial charge in [0.15, 0.2) is 11.5 Å². The summed E-state index contributed by atoms with van der Waals surface area (Å²) in [6.07, 6.45) is 1.09. The van der Waals surface area contributed by atoms with Crippen LogP contribution in [-0.2, 0) is 24.4 Å². The van der Waals surface area contributed by atoms with Crippen LogP contribution >= 0.6 is 11.3 Å². The maximum absolute atomic E-state index is 12.8. The van der Waals surface area contributed by atoms with Crippen LogP contribution in [0.3, 0.4) is 0 Å². The fraction of sp³-hybridized carbons (Fsp3) is 0.320. The number of para-hydroxylation sites is 1. The molecule has 0 aliphatic heterocycles. The SMILES string of the molecule is CCN(Cc1ccc(OCc2cccs2)c(OC)c1)C(=O)CCc1ccccc1OC. The van der Waals surface area contributed by atoms with Gasteiger partial charge in [-0.3, -0.25) is 4.79 Å². The molecule has 2 aromatic carbocycles. The van der Waals surface area contributed by atoms with E-state index in [1.54, 1.807) is 25.6 Å². The van der Waals surface area contributed by atoms with Crippen LogP contribution < -0.4 is 14.2 Å². The summed E-state index contributed by atoms with van der Waals surface area (Å²) in [4.78, 5) is 15.9. The van der Waals surface area contributed by atoms with Crippen molar-refractivity contribution in [3.63, 3.8) is 0 Å². The van der Waals surface area contributed by atoms with Gasteiger partial charge in [-0.2, -0.15) is 0 Å². The summed E-state index contributed by atoms with van der Waals surface area (Å²) in [5.74, 6) is 2.31. The second-order valence-corrected chi connectivity index (χ2v) is 8.11. The van der Waals surface area contributed by atoms with Crippen molar-refractivity contribution in [2.24, 2.45) is 0 Å². The van der Waals surface area contributed by atoms with Crippen LogP contribution in [0.1, 0.15) is 29.3 Å². The molecule has 0 atom stereocenters. The maximum atomic E-state index is 12.8. The molecule has 0 radical (unpaired) electrons. The highest BCUT2D eigenvalue weighted by molar-refractivity contribution is 7.09. The van der Waals surface area contributed by atoms with E-state index in [1.807, 2.05) is 71.8 Å². The van der Waals surface area contributed by atoms with E-state index < -0.39 is 0 Å². The van der Waals surface area contributed by atoms with Crippen molar-refractivity contribution in [1.82, 2.24) is 4.90 Å². The predicted molar refractivity (Wildman–Crippen MR) is 124 cm³/mol. The molecule has 5 nitrogen and oxygen atoms in total. The quantitative estimate of drug-likeness (QED) is 0.405. The van der Waals surface area contributed by atoms with Gasteiger partial charge in [-0.1, -0.05) is 30.3 Å². The molecule has 3 aromatic rings. The molecule has 1 aromatic heterocycles. The summed E-state index contributed by atoms with van der Waals surface area (Å²) in [6.45, 7) is 3.68. The third-order valence-corrected chi connectivity index (χ3v) is 5.94. The Balaban J connectivity index is 1.61. The highest BCUT2D eigenvalue weighted by atomic mass is 32.1. The van der Waals surface area contributed by atoms with Gasteiger partial charge in [-0.15, -0.1) is 11.3 Å². The van der Waals surface area contributed by atoms with Crippen molar-refractivity contribution in [3.05, 3.63) is 76.0 Å². The van der Waals surface area contributed by atoms with E-state index >= 15 is 0 Å². The number of carbonyl (C=O) groups excluding carboxylic acids is 1. The number of hydrogen-bond donors (Lipinski definition) is 0. The first-order valence-electron chi connectivity index (χ1n) is 10.4. The molecule has 0 saturated heterocycles. The highest BCUT2D eigenvalue weighted by Crippen LogP contribution is 2.30. The number of rotatable bonds is 11. The second-order valence-electron chi connectivity index (χ2n) is 7.07. The summed E-state index contributed by atoms with van der Waals surface area (Å²) in [5, 5.41) is 2.03. The molecule has 0 unspecified atom stereocenters. The molecule has 0 aliphatic rings.